The smallest absolute Gasteiger partial charge is 0.497 e. The number of rotatable bonds is 8. The van der Waals surface area contributed by atoms with Crippen molar-refractivity contribution in [1.82, 2.24) is 20.1 Å². The number of carbonyl (C=O) groups is 2. The quantitative estimate of drug-likeness (QED) is 0.223. The minimum atomic E-state index is -4.77. The van der Waals surface area contributed by atoms with Crippen molar-refractivity contribution in [3.63, 3.8) is 0 Å². The van der Waals surface area contributed by atoms with Gasteiger partial charge in [0.2, 0.25) is 5.91 Å². The lowest BCUT2D eigenvalue weighted by Gasteiger charge is -2.22. The van der Waals surface area contributed by atoms with E-state index in [1.54, 1.807) is 13.2 Å². The van der Waals surface area contributed by atoms with E-state index in [0.717, 1.165) is 29.5 Å². The summed E-state index contributed by atoms with van der Waals surface area (Å²) in [6.45, 7) is 4.05. The molecule has 2 aliphatic rings. The predicted octanol–water partition coefficient (Wildman–Crippen LogP) is 6.80. The standard InChI is InChI=1S/C32H29F3N6O4S/c1-19(2)25-16-24(44-3)12-13-26(25)41-27(42)17-46-30(41)37-29(43)38-31(14-15-31)21-6-4-20(5-7-21)28-36-18-40(39-28)22-8-10-23(11-9-22)45-32(33,34)35/h4-13,16,18-19H,14-15,17H2,1-3H3,(H,38,43). The zero-order valence-corrected chi connectivity index (χ0v) is 25.9. The van der Waals surface area contributed by atoms with E-state index < -0.39 is 17.9 Å². The number of aliphatic imine (C=N–C) groups is 1. The molecular formula is C32H29F3N6O4S. The van der Waals surface area contributed by atoms with Gasteiger partial charge < -0.3 is 14.8 Å². The second kappa shape index (κ2) is 12.2. The number of halogens is 3. The Balaban J connectivity index is 1.15. The summed E-state index contributed by atoms with van der Waals surface area (Å²) in [4.78, 5) is 36.3. The molecule has 10 nitrogen and oxygen atoms in total. The van der Waals surface area contributed by atoms with Crippen molar-refractivity contribution in [3.05, 3.63) is 84.2 Å². The maximum atomic E-state index is 13.2. The van der Waals surface area contributed by atoms with Gasteiger partial charge in [-0.05, 0) is 72.4 Å². The summed E-state index contributed by atoms with van der Waals surface area (Å²) in [5, 5.41) is 7.81. The molecule has 0 radical (unpaired) electrons. The fraction of sp³-hybridized carbons (Fsp3) is 0.281. The molecule has 1 aliphatic heterocycles. The highest BCUT2D eigenvalue weighted by molar-refractivity contribution is 8.15. The molecular weight excluding hydrogens is 621 g/mol. The van der Waals surface area contributed by atoms with Crippen LogP contribution in [-0.4, -0.2) is 51.1 Å². The lowest BCUT2D eigenvalue weighted by atomic mass is 10.00. The number of methoxy groups -OCH3 is 1. The first-order valence-corrected chi connectivity index (χ1v) is 15.4. The number of thioether (sulfide) groups is 1. The average Bonchev–Trinajstić information content (AvgIpc) is 3.46. The van der Waals surface area contributed by atoms with Crippen molar-refractivity contribution in [2.24, 2.45) is 4.99 Å². The first kappa shape index (κ1) is 31.1. The Morgan fingerprint density at radius 3 is 2.37 bits per heavy atom. The molecule has 1 aliphatic carbocycles. The number of hydrogen-bond donors (Lipinski definition) is 1. The summed E-state index contributed by atoms with van der Waals surface area (Å²) >= 11 is 1.22. The van der Waals surface area contributed by atoms with Crippen LogP contribution in [-0.2, 0) is 10.3 Å². The summed E-state index contributed by atoms with van der Waals surface area (Å²) in [5.41, 5.74) is 3.15. The van der Waals surface area contributed by atoms with Crippen molar-refractivity contribution in [3.8, 4) is 28.6 Å². The van der Waals surface area contributed by atoms with Crippen LogP contribution in [0.2, 0.25) is 0 Å². The third-order valence-electron chi connectivity index (χ3n) is 7.68. The number of urea groups is 1. The number of amides is 3. The highest BCUT2D eigenvalue weighted by Gasteiger charge is 2.46. The molecule has 46 heavy (non-hydrogen) atoms. The van der Waals surface area contributed by atoms with Crippen molar-refractivity contribution in [1.29, 1.82) is 0 Å². The molecule has 0 unspecified atom stereocenters. The topological polar surface area (TPSA) is 111 Å². The monoisotopic (exact) mass is 650 g/mol. The van der Waals surface area contributed by atoms with Crippen molar-refractivity contribution in [2.45, 2.75) is 44.5 Å². The van der Waals surface area contributed by atoms with Crippen molar-refractivity contribution in [2.75, 3.05) is 17.8 Å². The number of anilines is 1. The number of nitrogens with zero attached hydrogens (tertiary/aromatic N) is 5. The molecule has 2 fully saturated rings. The van der Waals surface area contributed by atoms with Gasteiger partial charge in [0.1, 0.15) is 17.8 Å². The number of nitrogens with one attached hydrogen (secondary N) is 1. The molecule has 1 N–H and O–H groups in total. The fourth-order valence-electron chi connectivity index (χ4n) is 5.20. The lowest BCUT2D eigenvalue weighted by molar-refractivity contribution is -0.274. The molecule has 0 atom stereocenters. The minimum absolute atomic E-state index is 0.105. The molecule has 1 aromatic heterocycles. The van der Waals surface area contributed by atoms with Gasteiger partial charge in [-0.3, -0.25) is 9.69 Å². The Bertz CT molecular complexity index is 1800. The zero-order valence-electron chi connectivity index (χ0n) is 25.0. The third kappa shape index (κ3) is 6.57. The normalized spacial score (nSPS) is 16.6. The fourth-order valence-corrected chi connectivity index (χ4v) is 6.05. The number of aromatic nitrogens is 3. The SMILES string of the molecule is COc1ccc(N2C(=O)CSC2=NC(=O)NC2(c3ccc(-c4ncn(-c5ccc(OC(F)(F)F)cc5)n4)cc3)CC2)c(C(C)C)c1. The summed E-state index contributed by atoms with van der Waals surface area (Å²) < 4.78 is 48.1. The van der Waals surface area contributed by atoms with Gasteiger partial charge in [-0.1, -0.05) is 49.9 Å². The van der Waals surface area contributed by atoms with Gasteiger partial charge in [0.15, 0.2) is 11.0 Å². The van der Waals surface area contributed by atoms with Gasteiger partial charge in [0, 0.05) is 5.56 Å². The molecule has 3 amide bonds. The van der Waals surface area contributed by atoms with Crippen LogP contribution in [0, 0.1) is 0 Å². The highest BCUT2D eigenvalue weighted by atomic mass is 32.2. The molecule has 2 heterocycles. The maximum Gasteiger partial charge on any atom is 0.573 e. The zero-order chi connectivity index (χ0) is 32.6. The molecule has 3 aromatic carbocycles. The van der Waals surface area contributed by atoms with Gasteiger partial charge in [0.25, 0.3) is 0 Å². The van der Waals surface area contributed by atoms with E-state index in [9.17, 15) is 22.8 Å². The van der Waals surface area contributed by atoms with E-state index >= 15 is 0 Å². The van der Waals surface area contributed by atoms with Crippen LogP contribution in [0.15, 0.2) is 78.0 Å². The Morgan fingerprint density at radius 1 is 1.04 bits per heavy atom. The number of hydrogen-bond acceptors (Lipinski definition) is 7. The maximum absolute atomic E-state index is 13.2. The van der Waals surface area contributed by atoms with Crippen LogP contribution in [0.25, 0.3) is 17.1 Å². The summed E-state index contributed by atoms with van der Waals surface area (Å²) in [6, 6.07) is 17.7. The van der Waals surface area contributed by atoms with Gasteiger partial charge in [-0.2, -0.15) is 4.99 Å². The van der Waals surface area contributed by atoms with Gasteiger partial charge >= 0.3 is 12.4 Å². The molecule has 14 heteroatoms. The molecule has 1 saturated carbocycles. The van der Waals surface area contributed by atoms with E-state index in [-0.39, 0.29) is 23.3 Å². The van der Waals surface area contributed by atoms with Crippen LogP contribution in [0.3, 0.4) is 0 Å². The number of alkyl halides is 3. The third-order valence-corrected chi connectivity index (χ3v) is 8.60. The van der Waals surface area contributed by atoms with Crippen molar-refractivity contribution >= 4 is 34.6 Å². The highest BCUT2D eigenvalue weighted by Crippen LogP contribution is 2.46. The van der Waals surface area contributed by atoms with Crippen LogP contribution in [0.5, 0.6) is 11.5 Å². The van der Waals surface area contributed by atoms with E-state index in [4.69, 9.17) is 4.74 Å². The number of amidine groups is 1. The van der Waals surface area contributed by atoms with Crippen molar-refractivity contribution < 1.29 is 32.2 Å². The van der Waals surface area contributed by atoms with E-state index in [1.807, 2.05) is 50.2 Å². The number of ether oxygens (including phenoxy) is 2. The van der Waals surface area contributed by atoms with Gasteiger partial charge in [0.05, 0.1) is 29.8 Å². The number of carbonyl (C=O) groups excluding carboxylic acids is 2. The van der Waals surface area contributed by atoms with Gasteiger partial charge in [-0.15, -0.1) is 18.3 Å². The number of benzene rings is 3. The summed E-state index contributed by atoms with van der Waals surface area (Å²) in [7, 11) is 1.59. The Kier molecular flexibility index (Phi) is 8.23. The lowest BCUT2D eigenvalue weighted by Crippen LogP contribution is -2.35. The van der Waals surface area contributed by atoms with Crippen LogP contribution >= 0.6 is 11.8 Å². The summed E-state index contributed by atoms with van der Waals surface area (Å²) in [6.07, 6.45) is -1.84. The second-order valence-corrected chi connectivity index (χ2v) is 12.1. The first-order valence-electron chi connectivity index (χ1n) is 14.4. The first-order chi connectivity index (χ1) is 21.9. The van der Waals surface area contributed by atoms with E-state index in [2.05, 4.69) is 25.1 Å². The predicted molar refractivity (Wildman–Crippen MR) is 167 cm³/mol. The van der Waals surface area contributed by atoms with Crippen LogP contribution in [0.4, 0.5) is 23.7 Å². The van der Waals surface area contributed by atoms with E-state index in [0.29, 0.717) is 28.1 Å². The average molecular weight is 651 g/mol. The summed E-state index contributed by atoms with van der Waals surface area (Å²) in [5.74, 6) is 0.915. The molecule has 6 rings (SSSR count). The molecule has 0 bridgehead atoms. The molecule has 0 spiro atoms. The largest absolute Gasteiger partial charge is 0.573 e. The van der Waals surface area contributed by atoms with Crippen LogP contribution in [0.1, 0.15) is 43.7 Å². The second-order valence-electron chi connectivity index (χ2n) is 11.1. The van der Waals surface area contributed by atoms with Crippen LogP contribution < -0.4 is 19.7 Å². The molecule has 4 aromatic rings. The Hall–Kier alpha value is -4.85. The van der Waals surface area contributed by atoms with E-state index in [1.165, 1.54) is 51.9 Å². The van der Waals surface area contributed by atoms with Gasteiger partial charge in [-0.25, -0.2) is 14.5 Å². The molecule has 1 saturated heterocycles. The Morgan fingerprint density at radius 2 is 1.74 bits per heavy atom. The minimum Gasteiger partial charge on any atom is -0.497 e. The Labute approximate surface area is 266 Å². The molecule has 238 valence electrons.